The Kier molecular flexibility index (Phi) is 4.32. The Morgan fingerprint density at radius 3 is 2.72 bits per heavy atom. The molecule has 1 fully saturated rings. The third-order valence-electron chi connectivity index (χ3n) is 6.36. The van der Waals surface area contributed by atoms with Crippen LogP contribution in [0.1, 0.15) is 30.0 Å². The Balaban J connectivity index is 1.44. The fraction of sp³-hybridized carbons (Fsp3) is 0.400. The van der Waals surface area contributed by atoms with Crippen LogP contribution in [0.25, 0.3) is 11.3 Å². The zero-order valence-electron chi connectivity index (χ0n) is 15.9. The summed E-state index contributed by atoms with van der Waals surface area (Å²) in [7, 11) is 0. The zero-order valence-corrected chi connectivity index (χ0v) is 17.5. The van der Waals surface area contributed by atoms with Crippen LogP contribution >= 0.6 is 15.9 Å². The van der Waals surface area contributed by atoms with Gasteiger partial charge in [0.05, 0.1) is 6.20 Å². The second-order valence-electron chi connectivity index (χ2n) is 8.01. The van der Waals surface area contributed by atoms with Gasteiger partial charge >= 0.3 is 0 Å². The molecule has 1 saturated heterocycles. The van der Waals surface area contributed by atoms with E-state index in [1.54, 1.807) is 10.8 Å². The van der Waals surface area contributed by atoms with Gasteiger partial charge in [0.15, 0.2) is 11.3 Å². The van der Waals surface area contributed by atoms with Crippen molar-refractivity contribution in [2.24, 2.45) is 16.9 Å². The minimum absolute atomic E-state index is 0.0226. The summed E-state index contributed by atoms with van der Waals surface area (Å²) in [6.45, 7) is 1.64. The lowest BCUT2D eigenvalue weighted by Crippen LogP contribution is -2.45. The van der Waals surface area contributed by atoms with Gasteiger partial charge in [0.25, 0.3) is 0 Å². The zero-order chi connectivity index (χ0) is 20.2. The molecule has 0 bridgehead atoms. The monoisotopic (exact) mass is 455 g/mol. The Labute approximate surface area is 176 Å². The van der Waals surface area contributed by atoms with Gasteiger partial charge < -0.3 is 16.4 Å². The van der Waals surface area contributed by atoms with Gasteiger partial charge in [-0.05, 0) is 51.7 Å². The lowest BCUT2D eigenvalue weighted by atomic mass is 9.73. The van der Waals surface area contributed by atoms with E-state index in [-0.39, 0.29) is 18.0 Å². The highest BCUT2D eigenvalue weighted by molar-refractivity contribution is 9.10. The second kappa shape index (κ2) is 6.77. The number of anilines is 1. The summed E-state index contributed by atoms with van der Waals surface area (Å²) < 4.78 is 2.37. The van der Waals surface area contributed by atoms with Crippen LogP contribution in [-0.4, -0.2) is 38.5 Å². The van der Waals surface area contributed by atoms with E-state index in [2.05, 4.69) is 60.0 Å². The molecular formula is C20H22BrN7O. The molecule has 1 aromatic carbocycles. The van der Waals surface area contributed by atoms with Crippen molar-refractivity contribution in [1.29, 1.82) is 0 Å². The number of fused-ring (bicyclic) bond motifs is 2. The van der Waals surface area contributed by atoms with Crippen LogP contribution in [0.4, 0.5) is 5.95 Å². The SMILES string of the molecule is NC(=O)Cn1c(N2CCC3(CC2)Cc2ccccc2[C@H]3N)nc2nc(Br)cnc21. The lowest BCUT2D eigenvalue weighted by molar-refractivity contribution is -0.118. The van der Waals surface area contributed by atoms with E-state index >= 15 is 0 Å². The highest BCUT2D eigenvalue weighted by Gasteiger charge is 2.46. The van der Waals surface area contributed by atoms with Crippen molar-refractivity contribution in [3.63, 3.8) is 0 Å². The average molecular weight is 456 g/mol. The predicted molar refractivity (Wildman–Crippen MR) is 113 cm³/mol. The summed E-state index contributed by atoms with van der Waals surface area (Å²) in [6.07, 6.45) is 4.55. The van der Waals surface area contributed by atoms with Crippen LogP contribution in [0.15, 0.2) is 35.1 Å². The minimum Gasteiger partial charge on any atom is -0.368 e. The van der Waals surface area contributed by atoms with E-state index < -0.39 is 5.91 Å². The van der Waals surface area contributed by atoms with Gasteiger partial charge in [0.2, 0.25) is 11.9 Å². The first kappa shape index (κ1) is 18.5. The number of rotatable bonds is 3. The second-order valence-corrected chi connectivity index (χ2v) is 8.82. The maximum absolute atomic E-state index is 11.7. The molecule has 150 valence electrons. The number of hydrogen-bond acceptors (Lipinski definition) is 6. The average Bonchev–Trinajstić information content (AvgIpc) is 3.18. The number of imidazole rings is 1. The molecule has 5 rings (SSSR count). The number of hydrogen-bond donors (Lipinski definition) is 2. The van der Waals surface area contributed by atoms with Crippen LogP contribution in [0.2, 0.25) is 0 Å². The Morgan fingerprint density at radius 2 is 2.00 bits per heavy atom. The fourth-order valence-electron chi connectivity index (χ4n) is 4.87. The maximum Gasteiger partial charge on any atom is 0.237 e. The number of piperidine rings is 1. The first-order valence-corrected chi connectivity index (χ1v) is 10.5. The van der Waals surface area contributed by atoms with E-state index in [0.717, 1.165) is 32.4 Å². The van der Waals surface area contributed by atoms with E-state index in [1.165, 1.54) is 11.1 Å². The van der Waals surface area contributed by atoms with Gasteiger partial charge in [-0.1, -0.05) is 24.3 Å². The molecule has 0 radical (unpaired) electrons. The first-order chi connectivity index (χ1) is 14.0. The smallest absolute Gasteiger partial charge is 0.237 e. The molecule has 0 unspecified atom stereocenters. The van der Waals surface area contributed by atoms with Gasteiger partial charge in [-0.15, -0.1) is 0 Å². The number of nitrogens with two attached hydrogens (primary N) is 2. The molecule has 2 aromatic heterocycles. The molecule has 1 atom stereocenters. The Hall–Kier alpha value is -2.52. The maximum atomic E-state index is 11.7. The van der Waals surface area contributed by atoms with Gasteiger partial charge in [0, 0.05) is 19.1 Å². The number of amides is 1. The standard InChI is InChI=1S/C20H22BrN7O/c21-14-10-24-18-17(25-14)26-19(28(18)11-15(22)29)27-7-5-20(6-8-27)9-12-3-1-2-4-13(12)16(20)23/h1-4,10,16H,5-9,11,23H2,(H2,22,29)/t16-/m1/s1. The van der Waals surface area contributed by atoms with Crippen LogP contribution in [0.3, 0.4) is 0 Å². The molecule has 29 heavy (non-hydrogen) atoms. The molecule has 3 heterocycles. The molecule has 8 nitrogen and oxygen atoms in total. The summed E-state index contributed by atoms with van der Waals surface area (Å²) in [5.74, 6) is 0.257. The predicted octanol–water partition coefficient (Wildman–Crippen LogP) is 1.92. The molecular weight excluding hydrogens is 434 g/mol. The summed E-state index contributed by atoms with van der Waals surface area (Å²) in [5, 5.41) is 0. The van der Waals surface area contributed by atoms with Crippen LogP contribution in [0.5, 0.6) is 0 Å². The van der Waals surface area contributed by atoms with Crippen molar-refractivity contribution in [2.75, 3.05) is 18.0 Å². The van der Waals surface area contributed by atoms with Crippen LogP contribution in [-0.2, 0) is 17.8 Å². The van der Waals surface area contributed by atoms with E-state index in [4.69, 9.17) is 11.5 Å². The van der Waals surface area contributed by atoms with Gasteiger partial charge in [-0.25, -0.2) is 9.97 Å². The molecule has 1 aliphatic heterocycles. The minimum atomic E-state index is -0.433. The number of carbonyl (C=O) groups excluding carboxylic acids is 1. The number of benzene rings is 1. The summed E-state index contributed by atoms with van der Waals surface area (Å²) in [5.41, 5.74) is 16.0. The lowest BCUT2D eigenvalue weighted by Gasteiger charge is -2.42. The first-order valence-electron chi connectivity index (χ1n) is 9.72. The third kappa shape index (κ3) is 3.00. The summed E-state index contributed by atoms with van der Waals surface area (Å²) in [6, 6.07) is 8.56. The third-order valence-corrected chi connectivity index (χ3v) is 6.74. The fourth-order valence-corrected chi connectivity index (χ4v) is 5.14. The number of aromatic nitrogens is 4. The molecule has 1 amide bonds. The van der Waals surface area contributed by atoms with Crippen LogP contribution in [0, 0.1) is 5.41 Å². The van der Waals surface area contributed by atoms with Crippen molar-refractivity contribution < 1.29 is 4.79 Å². The van der Waals surface area contributed by atoms with E-state index in [0.29, 0.717) is 21.8 Å². The number of halogens is 1. The molecule has 9 heteroatoms. The van der Waals surface area contributed by atoms with Crippen molar-refractivity contribution in [3.8, 4) is 0 Å². The molecule has 1 aliphatic carbocycles. The van der Waals surface area contributed by atoms with Gasteiger partial charge in [-0.3, -0.25) is 9.36 Å². The summed E-state index contributed by atoms with van der Waals surface area (Å²) in [4.78, 5) is 27.3. The quantitative estimate of drug-likeness (QED) is 0.622. The largest absolute Gasteiger partial charge is 0.368 e. The van der Waals surface area contributed by atoms with Gasteiger partial charge in [-0.2, -0.15) is 4.98 Å². The van der Waals surface area contributed by atoms with E-state index in [1.807, 2.05) is 0 Å². The highest BCUT2D eigenvalue weighted by atomic mass is 79.9. The van der Waals surface area contributed by atoms with Gasteiger partial charge in [0.1, 0.15) is 11.1 Å². The number of primary amides is 1. The molecule has 4 N–H and O–H groups in total. The Bertz CT molecular complexity index is 1100. The van der Waals surface area contributed by atoms with Crippen molar-refractivity contribution >= 4 is 39.1 Å². The molecule has 0 saturated carbocycles. The number of nitrogens with zero attached hydrogens (tertiary/aromatic N) is 5. The topological polar surface area (TPSA) is 116 Å². The normalized spacial score (nSPS) is 20.3. The Morgan fingerprint density at radius 1 is 1.24 bits per heavy atom. The highest BCUT2D eigenvalue weighted by Crippen LogP contribution is 2.50. The molecule has 2 aliphatic rings. The van der Waals surface area contributed by atoms with Crippen molar-refractivity contribution in [1.82, 2.24) is 19.5 Å². The molecule has 3 aromatic rings. The number of carbonyl (C=O) groups is 1. The molecule has 1 spiro atoms. The van der Waals surface area contributed by atoms with Crippen LogP contribution < -0.4 is 16.4 Å². The van der Waals surface area contributed by atoms with E-state index in [9.17, 15) is 4.79 Å². The van der Waals surface area contributed by atoms with Crippen molar-refractivity contribution in [3.05, 3.63) is 46.2 Å². The van der Waals surface area contributed by atoms with Crippen molar-refractivity contribution in [2.45, 2.75) is 31.8 Å². The summed E-state index contributed by atoms with van der Waals surface area (Å²) >= 11 is 3.33.